The van der Waals surface area contributed by atoms with Gasteiger partial charge in [-0.05, 0) is 55.4 Å². The molecule has 10 heteroatoms. The minimum Gasteiger partial charge on any atom is -0.476 e. The third kappa shape index (κ3) is 7.39. The van der Waals surface area contributed by atoms with E-state index in [-0.39, 0.29) is 11.6 Å². The quantitative estimate of drug-likeness (QED) is 0.340. The highest BCUT2D eigenvalue weighted by Crippen LogP contribution is 2.37. The topological polar surface area (TPSA) is 115 Å². The van der Waals surface area contributed by atoms with Gasteiger partial charge in [0, 0.05) is 30.2 Å². The third-order valence-corrected chi connectivity index (χ3v) is 6.66. The van der Waals surface area contributed by atoms with E-state index < -0.39 is 5.97 Å². The van der Waals surface area contributed by atoms with E-state index in [4.69, 9.17) is 16.7 Å². The standard InChI is InChI=1S/C25H31ClN6O3/c26-20-9-7-18(8-10-20)19-14-21(15-19)27-24(33)6-4-2-1-3-5-12-32-17-22(28-30-32)16-31-13-11-23(29-31)25(34)35/h7-11,13,17,19,21H,1-6,12,14-16H2,(H,27,33)(H,34,35). The number of unbranched alkanes of at least 4 members (excludes halogenated alkanes) is 4. The summed E-state index contributed by atoms with van der Waals surface area (Å²) < 4.78 is 3.34. The number of aromatic carboxylic acids is 1. The van der Waals surface area contributed by atoms with Crippen LogP contribution in [0.15, 0.2) is 42.7 Å². The van der Waals surface area contributed by atoms with Crippen molar-refractivity contribution in [3.05, 3.63) is 64.7 Å². The molecule has 1 aromatic carbocycles. The molecular formula is C25H31ClN6O3. The fourth-order valence-corrected chi connectivity index (χ4v) is 4.51. The van der Waals surface area contributed by atoms with Gasteiger partial charge in [0.15, 0.2) is 5.69 Å². The number of nitrogens with zero attached hydrogens (tertiary/aromatic N) is 5. The Labute approximate surface area is 209 Å². The maximum Gasteiger partial charge on any atom is 0.356 e. The highest BCUT2D eigenvalue weighted by atomic mass is 35.5. The molecule has 1 saturated carbocycles. The number of aryl methyl sites for hydroxylation is 1. The van der Waals surface area contributed by atoms with Gasteiger partial charge < -0.3 is 10.4 Å². The van der Waals surface area contributed by atoms with Crippen molar-refractivity contribution in [3.8, 4) is 0 Å². The van der Waals surface area contributed by atoms with Gasteiger partial charge in [0.05, 0.1) is 12.7 Å². The second kappa shape index (κ2) is 12.0. The molecule has 0 atom stereocenters. The summed E-state index contributed by atoms with van der Waals surface area (Å²) in [5, 5.41) is 25.1. The van der Waals surface area contributed by atoms with Gasteiger partial charge in [-0.15, -0.1) is 5.10 Å². The summed E-state index contributed by atoms with van der Waals surface area (Å²) >= 11 is 5.95. The van der Waals surface area contributed by atoms with E-state index in [1.807, 2.05) is 18.3 Å². The van der Waals surface area contributed by atoms with Gasteiger partial charge in [0.25, 0.3) is 0 Å². The van der Waals surface area contributed by atoms with Crippen molar-refractivity contribution in [1.29, 1.82) is 0 Å². The first-order valence-corrected chi connectivity index (χ1v) is 12.5. The molecule has 186 valence electrons. The van der Waals surface area contributed by atoms with Crippen molar-refractivity contribution in [1.82, 2.24) is 30.1 Å². The Morgan fingerprint density at radius 2 is 1.77 bits per heavy atom. The van der Waals surface area contributed by atoms with E-state index in [0.29, 0.717) is 24.9 Å². The fourth-order valence-electron chi connectivity index (χ4n) is 4.38. The smallest absolute Gasteiger partial charge is 0.356 e. The molecule has 3 aromatic rings. The molecule has 0 unspecified atom stereocenters. The summed E-state index contributed by atoms with van der Waals surface area (Å²) in [5.41, 5.74) is 2.05. The number of aromatic nitrogens is 5. The SMILES string of the molecule is O=C(CCCCCCCn1cc(Cn2ccc(C(=O)O)n2)nn1)NC1CC(c2ccc(Cl)cc2)C1. The zero-order valence-electron chi connectivity index (χ0n) is 19.6. The Balaban J connectivity index is 1.02. The minimum atomic E-state index is -1.05. The average molecular weight is 499 g/mol. The van der Waals surface area contributed by atoms with Crippen molar-refractivity contribution in [2.24, 2.45) is 0 Å². The van der Waals surface area contributed by atoms with E-state index in [9.17, 15) is 9.59 Å². The van der Waals surface area contributed by atoms with Crippen LogP contribution < -0.4 is 5.32 Å². The maximum absolute atomic E-state index is 12.2. The number of carboxylic acids is 1. The fraction of sp³-hybridized carbons (Fsp3) is 0.480. The van der Waals surface area contributed by atoms with Crippen molar-refractivity contribution in [2.45, 2.75) is 76.4 Å². The van der Waals surface area contributed by atoms with Gasteiger partial charge in [-0.25, -0.2) is 4.79 Å². The molecule has 1 aliphatic rings. The van der Waals surface area contributed by atoms with Gasteiger partial charge in [0.2, 0.25) is 5.91 Å². The van der Waals surface area contributed by atoms with Gasteiger partial charge in [0.1, 0.15) is 5.69 Å². The predicted molar refractivity (Wildman–Crippen MR) is 131 cm³/mol. The first kappa shape index (κ1) is 24.9. The molecule has 1 amide bonds. The largest absolute Gasteiger partial charge is 0.476 e. The second-order valence-electron chi connectivity index (χ2n) is 9.18. The number of carboxylic acid groups (broad SMARTS) is 1. The highest BCUT2D eigenvalue weighted by molar-refractivity contribution is 6.30. The number of amides is 1. The monoisotopic (exact) mass is 498 g/mol. The van der Waals surface area contributed by atoms with Crippen LogP contribution in [0.2, 0.25) is 5.02 Å². The Morgan fingerprint density at radius 1 is 1.03 bits per heavy atom. The number of rotatable bonds is 13. The number of carbonyl (C=O) groups excluding carboxylic acids is 1. The molecule has 0 spiro atoms. The van der Waals surface area contributed by atoms with Crippen LogP contribution >= 0.6 is 11.6 Å². The molecule has 0 aliphatic heterocycles. The van der Waals surface area contributed by atoms with Gasteiger partial charge in [-0.1, -0.05) is 48.2 Å². The molecule has 2 aromatic heterocycles. The minimum absolute atomic E-state index is 0.0145. The van der Waals surface area contributed by atoms with Crippen LogP contribution in [0.3, 0.4) is 0 Å². The number of halogens is 1. The van der Waals surface area contributed by atoms with Crippen LogP contribution in [0.25, 0.3) is 0 Å². The molecule has 4 rings (SSSR count). The number of carbonyl (C=O) groups is 2. The van der Waals surface area contributed by atoms with Crippen molar-refractivity contribution in [3.63, 3.8) is 0 Å². The lowest BCUT2D eigenvalue weighted by Crippen LogP contribution is -2.43. The Kier molecular flexibility index (Phi) is 8.52. The molecule has 0 saturated heterocycles. The van der Waals surface area contributed by atoms with Crippen molar-refractivity contribution >= 4 is 23.5 Å². The van der Waals surface area contributed by atoms with E-state index >= 15 is 0 Å². The summed E-state index contributed by atoms with van der Waals surface area (Å²) in [7, 11) is 0. The van der Waals surface area contributed by atoms with Crippen molar-refractivity contribution in [2.75, 3.05) is 0 Å². The number of hydrogen-bond acceptors (Lipinski definition) is 5. The van der Waals surface area contributed by atoms with Gasteiger partial charge in [-0.3, -0.25) is 14.2 Å². The molecule has 0 radical (unpaired) electrons. The average Bonchev–Trinajstić information content (AvgIpc) is 3.46. The van der Waals surface area contributed by atoms with Crippen LogP contribution in [-0.4, -0.2) is 47.8 Å². The molecule has 1 aliphatic carbocycles. The Hall–Kier alpha value is -3.20. The van der Waals surface area contributed by atoms with Crippen LogP contribution in [0, 0.1) is 0 Å². The van der Waals surface area contributed by atoms with Crippen molar-refractivity contribution < 1.29 is 14.7 Å². The zero-order chi connectivity index (χ0) is 24.6. The number of nitrogens with one attached hydrogen (secondary N) is 1. The maximum atomic E-state index is 12.2. The summed E-state index contributed by atoms with van der Waals surface area (Å²) in [4.78, 5) is 23.1. The summed E-state index contributed by atoms with van der Waals surface area (Å²) in [6, 6.07) is 9.76. The molecule has 2 N–H and O–H groups in total. The molecule has 2 heterocycles. The lowest BCUT2D eigenvalue weighted by molar-refractivity contribution is -0.122. The Morgan fingerprint density at radius 3 is 2.51 bits per heavy atom. The predicted octanol–water partition coefficient (Wildman–Crippen LogP) is 4.28. The normalized spacial score (nSPS) is 17.2. The van der Waals surface area contributed by atoms with E-state index in [0.717, 1.165) is 62.2 Å². The van der Waals surface area contributed by atoms with Crippen LogP contribution in [-0.2, 0) is 17.9 Å². The van der Waals surface area contributed by atoms with Crippen LogP contribution in [0.1, 0.15) is 79.0 Å². The highest BCUT2D eigenvalue weighted by Gasteiger charge is 2.31. The lowest BCUT2D eigenvalue weighted by Gasteiger charge is -2.36. The van der Waals surface area contributed by atoms with E-state index in [1.165, 1.54) is 16.3 Å². The molecule has 1 fully saturated rings. The van der Waals surface area contributed by atoms with Gasteiger partial charge >= 0.3 is 5.97 Å². The number of benzene rings is 1. The summed E-state index contributed by atoms with van der Waals surface area (Å²) in [6.07, 6.45) is 11.2. The summed E-state index contributed by atoms with van der Waals surface area (Å²) in [5.74, 6) is -0.365. The number of hydrogen-bond donors (Lipinski definition) is 2. The van der Waals surface area contributed by atoms with Gasteiger partial charge in [-0.2, -0.15) is 5.10 Å². The first-order chi connectivity index (χ1) is 17.0. The molecule has 0 bridgehead atoms. The lowest BCUT2D eigenvalue weighted by atomic mass is 9.76. The molecular weight excluding hydrogens is 468 g/mol. The van der Waals surface area contributed by atoms with Crippen LogP contribution in [0.5, 0.6) is 0 Å². The molecule has 9 nitrogen and oxygen atoms in total. The Bertz CT molecular complexity index is 1120. The van der Waals surface area contributed by atoms with E-state index in [2.05, 4.69) is 32.9 Å². The summed E-state index contributed by atoms with van der Waals surface area (Å²) in [6.45, 7) is 1.17. The molecule has 35 heavy (non-hydrogen) atoms. The second-order valence-corrected chi connectivity index (χ2v) is 9.62. The third-order valence-electron chi connectivity index (χ3n) is 6.41. The van der Waals surface area contributed by atoms with E-state index in [1.54, 1.807) is 10.9 Å². The zero-order valence-corrected chi connectivity index (χ0v) is 20.4. The first-order valence-electron chi connectivity index (χ1n) is 12.2. The van der Waals surface area contributed by atoms with Crippen LogP contribution in [0.4, 0.5) is 0 Å².